The lowest BCUT2D eigenvalue weighted by Crippen LogP contribution is -2.36. The summed E-state index contributed by atoms with van der Waals surface area (Å²) in [4.78, 5) is 17.9. The van der Waals surface area contributed by atoms with Crippen LogP contribution in [0.4, 0.5) is 0 Å². The van der Waals surface area contributed by atoms with Gasteiger partial charge in [-0.15, -0.1) is 0 Å². The van der Waals surface area contributed by atoms with Crippen molar-refractivity contribution >= 4 is 5.91 Å². The summed E-state index contributed by atoms with van der Waals surface area (Å²) in [6.07, 6.45) is 1.88. The van der Waals surface area contributed by atoms with Crippen molar-refractivity contribution in [2.45, 2.75) is 26.3 Å². The number of hydrogen-bond acceptors (Lipinski definition) is 4. The van der Waals surface area contributed by atoms with Crippen molar-refractivity contribution in [3.63, 3.8) is 0 Å². The molecule has 1 aliphatic heterocycles. The second-order valence-corrected chi connectivity index (χ2v) is 4.45. The third kappa shape index (κ3) is 3.03. The van der Waals surface area contributed by atoms with E-state index < -0.39 is 0 Å². The van der Waals surface area contributed by atoms with E-state index in [2.05, 4.69) is 15.2 Å². The largest absolute Gasteiger partial charge is 0.381 e. The first kappa shape index (κ1) is 12.0. The molecule has 1 fully saturated rings. The third-order valence-electron chi connectivity index (χ3n) is 2.91. The fourth-order valence-electron chi connectivity index (χ4n) is 2.00. The third-order valence-corrected chi connectivity index (χ3v) is 2.91. The van der Waals surface area contributed by atoms with Gasteiger partial charge in [-0.2, -0.15) is 5.10 Å². The normalized spacial score (nSPS) is 20.2. The predicted octanol–water partition coefficient (Wildman–Crippen LogP) is 0.498. The molecule has 0 aliphatic carbocycles. The van der Waals surface area contributed by atoms with E-state index in [9.17, 15) is 4.79 Å². The number of aryl methyl sites for hydroxylation is 1. The van der Waals surface area contributed by atoms with Gasteiger partial charge in [-0.3, -0.25) is 9.89 Å². The predicted molar refractivity (Wildman–Crippen MR) is 61.1 cm³/mol. The Labute approximate surface area is 100 Å². The molecule has 2 heterocycles. The van der Waals surface area contributed by atoms with Gasteiger partial charge in [-0.25, -0.2) is 4.98 Å². The maximum absolute atomic E-state index is 12.1. The van der Waals surface area contributed by atoms with Gasteiger partial charge in [0.1, 0.15) is 5.82 Å². The Balaban J connectivity index is 1.90. The molecule has 1 saturated heterocycles. The van der Waals surface area contributed by atoms with Crippen LogP contribution >= 0.6 is 0 Å². The average Bonchev–Trinajstić information content (AvgIpc) is 2.75. The van der Waals surface area contributed by atoms with Crippen molar-refractivity contribution < 1.29 is 9.53 Å². The van der Waals surface area contributed by atoms with Crippen molar-refractivity contribution in [3.8, 4) is 0 Å². The van der Waals surface area contributed by atoms with Crippen molar-refractivity contribution in [2.24, 2.45) is 5.92 Å². The number of aromatic nitrogens is 3. The van der Waals surface area contributed by atoms with Crippen molar-refractivity contribution in [3.05, 3.63) is 11.6 Å². The minimum absolute atomic E-state index is 0.00575. The first-order valence-electron chi connectivity index (χ1n) is 5.87. The highest BCUT2D eigenvalue weighted by Gasteiger charge is 2.25. The highest BCUT2D eigenvalue weighted by atomic mass is 16.5. The van der Waals surface area contributed by atoms with E-state index in [0.29, 0.717) is 19.0 Å². The second-order valence-electron chi connectivity index (χ2n) is 4.45. The fourth-order valence-corrected chi connectivity index (χ4v) is 2.00. The summed E-state index contributed by atoms with van der Waals surface area (Å²) in [5.74, 6) is 1.53. The van der Waals surface area contributed by atoms with Gasteiger partial charge in [0, 0.05) is 13.7 Å². The monoisotopic (exact) mass is 238 g/mol. The summed E-state index contributed by atoms with van der Waals surface area (Å²) in [6, 6.07) is 0. The van der Waals surface area contributed by atoms with Crippen LogP contribution in [-0.4, -0.2) is 46.2 Å². The maximum atomic E-state index is 12.1. The number of H-pyrrole nitrogens is 1. The van der Waals surface area contributed by atoms with Crippen LogP contribution in [0.1, 0.15) is 24.5 Å². The zero-order valence-electron chi connectivity index (χ0n) is 10.3. The molecule has 0 bridgehead atoms. The Kier molecular flexibility index (Phi) is 3.73. The lowest BCUT2D eigenvalue weighted by molar-refractivity contribution is -0.139. The van der Waals surface area contributed by atoms with Crippen LogP contribution in [0.15, 0.2) is 0 Å². The lowest BCUT2D eigenvalue weighted by Gasteiger charge is -2.25. The Hall–Kier alpha value is -1.43. The van der Waals surface area contributed by atoms with Crippen LogP contribution < -0.4 is 0 Å². The highest BCUT2D eigenvalue weighted by molar-refractivity contribution is 5.78. The molecule has 1 amide bonds. The SMILES string of the molecule is Cc1nc(CN(C)C(=O)C2CCCOC2)n[nH]1. The fraction of sp³-hybridized carbons (Fsp3) is 0.727. The smallest absolute Gasteiger partial charge is 0.228 e. The number of aromatic amines is 1. The van der Waals surface area contributed by atoms with E-state index in [0.717, 1.165) is 25.3 Å². The zero-order valence-corrected chi connectivity index (χ0v) is 10.3. The number of rotatable bonds is 3. The summed E-state index contributed by atoms with van der Waals surface area (Å²) >= 11 is 0. The number of carbonyl (C=O) groups excluding carboxylic acids is 1. The molecule has 1 unspecified atom stereocenters. The lowest BCUT2D eigenvalue weighted by atomic mass is 10.0. The maximum Gasteiger partial charge on any atom is 0.228 e. The van der Waals surface area contributed by atoms with Gasteiger partial charge in [0.2, 0.25) is 5.91 Å². The van der Waals surface area contributed by atoms with Crippen LogP contribution in [-0.2, 0) is 16.1 Å². The van der Waals surface area contributed by atoms with Gasteiger partial charge in [0.25, 0.3) is 0 Å². The van der Waals surface area contributed by atoms with Crippen molar-refractivity contribution in [1.82, 2.24) is 20.1 Å². The van der Waals surface area contributed by atoms with E-state index in [-0.39, 0.29) is 11.8 Å². The van der Waals surface area contributed by atoms with Crippen LogP contribution in [0.5, 0.6) is 0 Å². The first-order valence-corrected chi connectivity index (χ1v) is 5.87. The van der Waals surface area contributed by atoms with Gasteiger partial charge in [0.05, 0.1) is 19.1 Å². The number of ether oxygens (including phenoxy) is 1. The van der Waals surface area contributed by atoms with E-state index in [1.165, 1.54) is 0 Å². The average molecular weight is 238 g/mol. The Morgan fingerprint density at radius 1 is 1.65 bits per heavy atom. The molecule has 0 saturated carbocycles. The number of nitrogens with zero attached hydrogens (tertiary/aromatic N) is 3. The van der Waals surface area contributed by atoms with Gasteiger partial charge < -0.3 is 9.64 Å². The molecule has 94 valence electrons. The molecule has 6 heteroatoms. The second kappa shape index (κ2) is 5.27. The summed E-state index contributed by atoms with van der Waals surface area (Å²) in [7, 11) is 1.78. The summed E-state index contributed by atoms with van der Waals surface area (Å²) < 4.78 is 5.32. The Bertz CT molecular complexity index is 385. The molecule has 1 N–H and O–H groups in total. The number of nitrogens with one attached hydrogen (secondary N) is 1. The minimum atomic E-state index is -0.00575. The molecular formula is C11H18N4O2. The van der Waals surface area contributed by atoms with Crippen LogP contribution in [0.3, 0.4) is 0 Å². The van der Waals surface area contributed by atoms with E-state index >= 15 is 0 Å². The van der Waals surface area contributed by atoms with Crippen LogP contribution in [0.25, 0.3) is 0 Å². The van der Waals surface area contributed by atoms with Crippen molar-refractivity contribution in [1.29, 1.82) is 0 Å². The molecule has 0 radical (unpaired) electrons. The van der Waals surface area contributed by atoms with Crippen LogP contribution in [0, 0.1) is 12.8 Å². The van der Waals surface area contributed by atoms with Gasteiger partial charge in [-0.05, 0) is 19.8 Å². The quantitative estimate of drug-likeness (QED) is 0.832. The summed E-state index contributed by atoms with van der Waals surface area (Å²) in [5, 5.41) is 6.79. The Morgan fingerprint density at radius 3 is 3.06 bits per heavy atom. The first-order chi connectivity index (χ1) is 8.16. The highest BCUT2D eigenvalue weighted by Crippen LogP contribution is 2.16. The number of amides is 1. The Morgan fingerprint density at radius 2 is 2.47 bits per heavy atom. The van der Waals surface area contributed by atoms with Crippen LogP contribution in [0.2, 0.25) is 0 Å². The van der Waals surface area contributed by atoms with Gasteiger partial charge in [-0.1, -0.05) is 0 Å². The molecule has 1 aliphatic rings. The molecule has 1 aromatic heterocycles. The molecular weight excluding hydrogens is 220 g/mol. The number of carbonyl (C=O) groups is 1. The van der Waals surface area contributed by atoms with E-state index in [1.807, 2.05) is 6.92 Å². The molecule has 6 nitrogen and oxygen atoms in total. The number of hydrogen-bond donors (Lipinski definition) is 1. The summed E-state index contributed by atoms with van der Waals surface area (Å²) in [6.45, 7) is 3.59. The standard InChI is InChI=1S/C11H18N4O2/c1-8-12-10(14-13-8)6-15(2)11(16)9-4-3-5-17-7-9/h9H,3-7H2,1-2H3,(H,12,13,14). The van der Waals surface area contributed by atoms with Gasteiger partial charge in [0.15, 0.2) is 5.82 Å². The molecule has 0 aromatic carbocycles. The summed E-state index contributed by atoms with van der Waals surface area (Å²) in [5.41, 5.74) is 0. The molecule has 2 rings (SSSR count). The van der Waals surface area contributed by atoms with E-state index in [1.54, 1.807) is 11.9 Å². The molecule has 0 spiro atoms. The van der Waals surface area contributed by atoms with Gasteiger partial charge >= 0.3 is 0 Å². The van der Waals surface area contributed by atoms with E-state index in [4.69, 9.17) is 4.74 Å². The topological polar surface area (TPSA) is 71.1 Å². The molecule has 1 aromatic rings. The minimum Gasteiger partial charge on any atom is -0.381 e. The van der Waals surface area contributed by atoms with Crippen molar-refractivity contribution in [2.75, 3.05) is 20.3 Å². The molecule has 1 atom stereocenters. The molecule has 17 heavy (non-hydrogen) atoms. The zero-order chi connectivity index (χ0) is 12.3.